The van der Waals surface area contributed by atoms with Gasteiger partial charge in [-0.2, -0.15) is 0 Å². The van der Waals surface area contributed by atoms with Crippen LogP contribution in [0.2, 0.25) is 0 Å². The van der Waals surface area contributed by atoms with Crippen molar-refractivity contribution in [3.8, 4) is 0 Å². The molecule has 0 bridgehead atoms. The van der Waals surface area contributed by atoms with Crippen molar-refractivity contribution in [1.82, 2.24) is 9.88 Å². The van der Waals surface area contributed by atoms with Gasteiger partial charge in [0.25, 0.3) is 0 Å². The fourth-order valence-electron chi connectivity index (χ4n) is 2.52. The Bertz CT molecular complexity index is 749. The summed E-state index contributed by atoms with van der Waals surface area (Å²) in [6.45, 7) is 0.667. The molecule has 0 saturated carbocycles. The standard InChI is InChI=1S/C18H19N3O2S/c1-21(9-6-13-4-7-19-8-5-13)18(23)11-14-2-3-16-15(10-14)20-17(22)12-24-16/h2-5,7-8,10H,6,9,11-12H2,1H3,(H,20,22). The number of amides is 2. The maximum atomic E-state index is 12.4. The average Bonchev–Trinajstić information content (AvgIpc) is 2.60. The zero-order chi connectivity index (χ0) is 16.9. The predicted molar refractivity (Wildman–Crippen MR) is 95.1 cm³/mol. The van der Waals surface area contributed by atoms with Gasteiger partial charge in [-0.25, -0.2) is 0 Å². The summed E-state index contributed by atoms with van der Waals surface area (Å²) < 4.78 is 0. The van der Waals surface area contributed by atoms with Crippen LogP contribution >= 0.6 is 11.8 Å². The molecule has 1 aromatic carbocycles. The highest BCUT2D eigenvalue weighted by atomic mass is 32.2. The van der Waals surface area contributed by atoms with Crippen molar-refractivity contribution in [3.63, 3.8) is 0 Å². The highest BCUT2D eigenvalue weighted by Crippen LogP contribution is 2.32. The number of rotatable bonds is 5. The molecule has 5 nitrogen and oxygen atoms in total. The fourth-order valence-corrected chi connectivity index (χ4v) is 3.31. The Morgan fingerprint density at radius 2 is 2.04 bits per heavy atom. The summed E-state index contributed by atoms with van der Waals surface area (Å²) in [4.78, 5) is 30.7. The highest BCUT2D eigenvalue weighted by molar-refractivity contribution is 8.00. The molecule has 1 aromatic heterocycles. The van der Waals surface area contributed by atoms with Gasteiger partial charge in [0.1, 0.15) is 0 Å². The third-order valence-electron chi connectivity index (χ3n) is 3.94. The molecule has 0 unspecified atom stereocenters. The van der Waals surface area contributed by atoms with Crippen molar-refractivity contribution in [2.75, 3.05) is 24.7 Å². The largest absolute Gasteiger partial charge is 0.345 e. The van der Waals surface area contributed by atoms with E-state index < -0.39 is 0 Å². The van der Waals surface area contributed by atoms with Gasteiger partial charge >= 0.3 is 0 Å². The summed E-state index contributed by atoms with van der Waals surface area (Å²) in [6, 6.07) is 9.75. The fraction of sp³-hybridized carbons (Fsp3) is 0.278. The summed E-state index contributed by atoms with van der Waals surface area (Å²) in [7, 11) is 1.82. The lowest BCUT2D eigenvalue weighted by Crippen LogP contribution is -2.30. The third-order valence-corrected chi connectivity index (χ3v) is 5.02. The molecule has 0 aliphatic carbocycles. The van der Waals surface area contributed by atoms with E-state index in [2.05, 4.69) is 10.3 Å². The molecule has 2 heterocycles. The van der Waals surface area contributed by atoms with E-state index >= 15 is 0 Å². The summed E-state index contributed by atoms with van der Waals surface area (Å²) in [5, 5.41) is 2.86. The molecule has 0 fully saturated rings. The normalized spacial score (nSPS) is 13.1. The van der Waals surface area contributed by atoms with Gasteiger partial charge in [0.15, 0.2) is 0 Å². The number of aromatic nitrogens is 1. The number of carbonyl (C=O) groups is 2. The monoisotopic (exact) mass is 341 g/mol. The minimum absolute atomic E-state index is 0.00504. The van der Waals surface area contributed by atoms with Crippen LogP contribution in [0.3, 0.4) is 0 Å². The topological polar surface area (TPSA) is 62.3 Å². The molecule has 2 aromatic rings. The summed E-state index contributed by atoms with van der Waals surface area (Å²) in [5.74, 6) is 0.521. The molecule has 0 saturated heterocycles. The minimum Gasteiger partial charge on any atom is -0.345 e. The van der Waals surface area contributed by atoms with Gasteiger partial charge in [-0.1, -0.05) is 6.07 Å². The zero-order valence-corrected chi connectivity index (χ0v) is 14.3. The van der Waals surface area contributed by atoms with Gasteiger partial charge in [-0.15, -0.1) is 11.8 Å². The van der Waals surface area contributed by atoms with Crippen molar-refractivity contribution in [1.29, 1.82) is 0 Å². The van der Waals surface area contributed by atoms with Gasteiger partial charge in [0.05, 0.1) is 17.9 Å². The molecule has 0 atom stereocenters. The molecule has 3 rings (SSSR count). The lowest BCUT2D eigenvalue weighted by atomic mass is 10.1. The number of fused-ring (bicyclic) bond motifs is 1. The van der Waals surface area contributed by atoms with Crippen molar-refractivity contribution in [3.05, 3.63) is 53.9 Å². The number of benzene rings is 1. The van der Waals surface area contributed by atoms with Crippen molar-refractivity contribution >= 4 is 29.3 Å². The van der Waals surface area contributed by atoms with E-state index in [-0.39, 0.29) is 11.8 Å². The van der Waals surface area contributed by atoms with E-state index in [0.29, 0.717) is 18.7 Å². The van der Waals surface area contributed by atoms with E-state index in [1.54, 1.807) is 17.3 Å². The Morgan fingerprint density at radius 1 is 1.25 bits per heavy atom. The number of hydrogen-bond donors (Lipinski definition) is 1. The summed E-state index contributed by atoms with van der Waals surface area (Å²) in [5.41, 5.74) is 2.89. The van der Waals surface area contributed by atoms with Gasteiger partial charge in [0, 0.05) is 30.9 Å². The van der Waals surface area contributed by atoms with Crippen LogP contribution in [0.1, 0.15) is 11.1 Å². The van der Waals surface area contributed by atoms with Crippen LogP contribution in [0.5, 0.6) is 0 Å². The first-order valence-corrected chi connectivity index (χ1v) is 8.79. The molecule has 1 aliphatic rings. The van der Waals surface area contributed by atoms with Crippen LogP contribution in [0.25, 0.3) is 0 Å². The third kappa shape index (κ3) is 4.14. The Balaban J connectivity index is 1.58. The lowest BCUT2D eigenvalue weighted by molar-refractivity contribution is -0.129. The Kier molecular flexibility index (Phi) is 5.15. The lowest BCUT2D eigenvalue weighted by Gasteiger charge is -2.19. The van der Waals surface area contributed by atoms with Crippen molar-refractivity contribution in [2.45, 2.75) is 17.7 Å². The molecule has 0 radical (unpaired) electrons. The first-order chi connectivity index (χ1) is 11.6. The summed E-state index contributed by atoms with van der Waals surface area (Å²) in [6.07, 6.45) is 4.66. The second kappa shape index (κ2) is 7.49. The van der Waals surface area contributed by atoms with Crippen molar-refractivity contribution < 1.29 is 9.59 Å². The van der Waals surface area contributed by atoms with Crippen LogP contribution < -0.4 is 5.32 Å². The van der Waals surface area contributed by atoms with Crippen LogP contribution in [-0.4, -0.2) is 41.0 Å². The number of carbonyl (C=O) groups excluding carboxylic acids is 2. The van der Waals surface area contributed by atoms with E-state index in [4.69, 9.17) is 0 Å². The molecule has 1 aliphatic heterocycles. The van der Waals surface area contributed by atoms with E-state index in [1.807, 2.05) is 37.4 Å². The number of pyridine rings is 1. The van der Waals surface area contributed by atoms with E-state index in [9.17, 15) is 9.59 Å². The van der Waals surface area contributed by atoms with Gasteiger partial charge in [-0.3, -0.25) is 14.6 Å². The Labute approximate surface area is 145 Å². The maximum absolute atomic E-state index is 12.4. The zero-order valence-electron chi connectivity index (χ0n) is 13.5. The molecule has 6 heteroatoms. The first kappa shape index (κ1) is 16.5. The van der Waals surface area contributed by atoms with Gasteiger partial charge in [0.2, 0.25) is 11.8 Å². The number of nitrogens with zero attached hydrogens (tertiary/aromatic N) is 2. The van der Waals surface area contributed by atoms with E-state index in [1.165, 1.54) is 11.8 Å². The minimum atomic E-state index is 0.00504. The van der Waals surface area contributed by atoms with Crippen LogP contribution in [0.4, 0.5) is 5.69 Å². The summed E-state index contributed by atoms with van der Waals surface area (Å²) >= 11 is 1.52. The number of hydrogen-bond acceptors (Lipinski definition) is 4. The number of anilines is 1. The molecular weight excluding hydrogens is 322 g/mol. The Hall–Kier alpha value is -2.34. The van der Waals surface area contributed by atoms with Crippen LogP contribution in [0.15, 0.2) is 47.6 Å². The first-order valence-electron chi connectivity index (χ1n) is 7.80. The molecule has 0 spiro atoms. The SMILES string of the molecule is CN(CCc1ccncc1)C(=O)Cc1ccc2c(c1)NC(=O)CS2. The van der Waals surface area contributed by atoms with E-state index in [0.717, 1.165) is 28.1 Å². The molecule has 2 amide bonds. The quantitative estimate of drug-likeness (QED) is 0.907. The number of likely N-dealkylation sites (N-methyl/N-ethyl adjacent to an activating group) is 1. The molecule has 124 valence electrons. The maximum Gasteiger partial charge on any atom is 0.234 e. The predicted octanol–water partition coefficient (Wildman–Crippen LogP) is 2.37. The van der Waals surface area contributed by atoms with Crippen LogP contribution in [0, 0.1) is 0 Å². The number of nitrogens with one attached hydrogen (secondary N) is 1. The average molecular weight is 341 g/mol. The second-order valence-corrected chi connectivity index (χ2v) is 6.78. The smallest absolute Gasteiger partial charge is 0.234 e. The molecule has 1 N–H and O–H groups in total. The second-order valence-electron chi connectivity index (χ2n) is 5.76. The number of thioether (sulfide) groups is 1. The van der Waals surface area contributed by atoms with Crippen LogP contribution in [-0.2, 0) is 22.4 Å². The van der Waals surface area contributed by atoms with Gasteiger partial charge < -0.3 is 10.2 Å². The highest BCUT2D eigenvalue weighted by Gasteiger charge is 2.17. The van der Waals surface area contributed by atoms with Gasteiger partial charge in [-0.05, 0) is 41.8 Å². The van der Waals surface area contributed by atoms with Crippen molar-refractivity contribution in [2.24, 2.45) is 0 Å². The Morgan fingerprint density at radius 3 is 2.83 bits per heavy atom. The molecular formula is C18H19N3O2S. The molecule has 24 heavy (non-hydrogen) atoms.